The molecule has 1 saturated carbocycles. The summed E-state index contributed by atoms with van der Waals surface area (Å²) in [5.41, 5.74) is 1.13. The zero-order valence-corrected chi connectivity index (χ0v) is 14.1. The molecule has 0 amide bonds. The minimum Gasteiger partial charge on any atom is -0.323 e. The molecule has 0 aliphatic heterocycles. The van der Waals surface area contributed by atoms with E-state index >= 15 is 0 Å². The lowest BCUT2D eigenvalue weighted by molar-refractivity contribution is 0.600. The van der Waals surface area contributed by atoms with Crippen molar-refractivity contribution in [3.8, 4) is 10.7 Å². The Kier molecular flexibility index (Phi) is 3.59. The van der Waals surface area contributed by atoms with Crippen LogP contribution in [0.15, 0.2) is 34.7 Å². The molecule has 3 aromatic rings. The van der Waals surface area contributed by atoms with Crippen molar-refractivity contribution in [2.45, 2.75) is 23.0 Å². The maximum absolute atomic E-state index is 11.4. The summed E-state index contributed by atoms with van der Waals surface area (Å²) in [5.74, 6) is 2.30. The molecule has 10 heteroatoms. The zero-order valence-electron chi connectivity index (χ0n) is 12.4. The number of aromatic nitrogens is 4. The third kappa shape index (κ3) is 3.16. The molecule has 0 unspecified atom stereocenters. The molecule has 0 saturated heterocycles. The van der Waals surface area contributed by atoms with E-state index in [9.17, 15) is 8.42 Å². The molecular formula is C14H14N6O2S2. The second kappa shape index (κ2) is 5.65. The Hall–Kier alpha value is -2.30. The van der Waals surface area contributed by atoms with E-state index in [1.165, 1.54) is 18.9 Å². The van der Waals surface area contributed by atoms with Crippen molar-refractivity contribution < 1.29 is 8.42 Å². The summed E-state index contributed by atoms with van der Waals surface area (Å²) in [7, 11) is -3.71. The third-order valence-corrected chi connectivity index (χ3v) is 6.13. The largest absolute Gasteiger partial charge is 0.323 e. The van der Waals surface area contributed by atoms with E-state index in [1.807, 2.05) is 6.07 Å². The molecule has 0 spiro atoms. The van der Waals surface area contributed by atoms with E-state index < -0.39 is 10.0 Å². The van der Waals surface area contributed by atoms with E-state index in [0.717, 1.165) is 17.0 Å². The molecule has 3 aromatic heterocycles. The highest BCUT2D eigenvalue weighted by Gasteiger charge is 2.25. The van der Waals surface area contributed by atoms with Gasteiger partial charge in [0.2, 0.25) is 10.0 Å². The Morgan fingerprint density at radius 1 is 1.25 bits per heavy atom. The van der Waals surface area contributed by atoms with E-state index in [4.69, 9.17) is 5.14 Å². The van der Waals surface area contributed by atoms with Crippen LogP contribution in [0.2, 0.25) is 0 Å². The minimum atomic E-state index is -3.71. The molecule has 0 radical (unpaired) electrons. The summed E-state index contributed by atoms with van der Waals surface area (Å²) in [5, 5.41) is 15.5. The second-order valence-corrected chi connectivity index (χ2v) is 8.41. The molecule has 4 N–H and O–H groups in total. The van der Waals surface area contributed by atoms with Crippen LogP contribution in [0.3, 0.4) is 0 Å². The Morgan fingerprint density at radius 3 is 2.79 bits per heavy atom. The van der Waals surface area contributed by atoms with Crippen LogP contribution in [0.5, 0.6) is 0 Å². The van der Waals surface area contributed by atoms with Crippen molar-refractivity contribution in [3.05, 3.63) is 36.2 Å². The highest BCUT2D eigenvalue weighted by Crippen LogP contribution is 2.39. The van der Waals surface area contributed by atoms with Crippen LogP contribution >= 0.6 is 11.3 Å². The van der Waals surface area contributed by atoms with Gasteiger partial charge in [-0.3, -0.25) is 5.10 Å². The zero-order chi connectivity index (χ0) is 16.7. The predicted octanol–water partition coefficient (Wildman–Crippen LogP) is 2.20. The van der Waals surface area contributed by atoms with Gasteiger partial charge in [0.05, 0.1) is 4.88 Å². The number of thiophene rings is 1. The first-order chi connectivity index (χ1) is 11.5. The van der Waals surface area contributed by atoms with Crippen LogP contribution in [0.25, 0.3) is 10.7 Å². The maximum atomic E-state index is 11.4. The summed E-state index contributed by atoms with van der Waals surface area (Å²) in [6, 6.07) is 6.80. The summed E-state index contributed by atoms with van der Waals surface area (Å²) in [4.78, 5) is 9.22. The topological polar surface area (TPSA) is 127 Å². The summed E-state index contributed by atoms with van der Waals surface area (Å²) in [6.07, 6.45) is 4.00. The lowest BCUT2D eigenvalue weighted by atomic mass is 10.3. The van der Waals surface area contributed by atoms with Gasteiger partial charge in [0, 0.05) is 23.9 Å². The lowest BCUT2D eigenvalue weighted by Crippen LogP contribution is -2.09. The number of sulfonamides is 1. The molecule has 1 aliphatic rings. The molecule has 124 valence electrons. The maximum Gasteiger partial charge on any atom is 0.247 e. The number of nitrogens with zero attached hydrogens (tertiary/aromatic N) is 3. The quantitative estimate of drug-likeness (QED) is 0.638. The lowest BCUT2D eigenvalue weighted by Gasteiger charge is -2.03. The molecule has 1 aliphatic carbocycles. The number of hydrogen-bond donors (Lipinski definition) is 3. The SMILES string of the molecule is NS(=O)(=O)c1ccc(-c2nccc(Nc3cc(C4CC4)[nH]n3)n2)s1. The Balaban J connectivity index is 1.57. The normalized spacial score (nSPS) is 14.7. The predicted molar refractivity (Wildman–Crippen MR) is 90.6 cm³/mol. The van der Waals surface area contributed by atoms with Gasteiger partial charge in [-0.2, -0.15) is 5.10 Å². The average molecular weight is 362 g/mol. The van der Waals surface area contributed by atoms with Crippen molar-refractivity contribution in [2.75, 3.05) is 5.32 Å². The Labute approximate surface area is 142 Å². The fourth-order valence-electron chi connectivity index (χ4n) is 2.28. The van der Waals surface area contributed by atoms with Gasteiger partial charge in [0.1, 0.15) is 10.0 Å². The first kappa shape index (κ1) is 15.2. The Morgan fingerprint density at radius 2 is 2.08 bits per heavy atom. The van der Waals surface area contributed by atoms with Crippen LogP contribution < -0.4 is 10.5 Å². The number of anilines is 2. The molecule has 0 aromatic carbocycles. The number of primary sulfonamides is 1. The van der Waals surface area contributed by atoms with Crippen molar-refractivity contribution in [1.82, 2.24) is 20.2 Å². The first-order valence-corrected chi connectivity index (χ1v) is 9.64. The average Bonchev–Trinajstić information content (AvgIpc) is 3.08. The van der Waals surface area contributed by atoms with Gasteiger partial charge in [-0.25, -0.2) is 23.5 Å². The number of H-pyrrole nitrogens is 1. The highest BCUT2D eigenvalue weighted by molar-refractivity contribution is 7.91. The molecule has 24 heavy (non-hydrogen) atoms. The van der Waals surface area contributed by atoms with E-state index in [2.05, 4.69) is 25.5 Å². The number of aromatic amines is 1. The standard InChI is InChI=1S/C14H14N6O2S2/c15-24(21,22)13-4-3-10(23-13)14-16-6-5-11(18-14)17-12-7-9(19-20-12)8-1-2-8/h3-8H,1-2H2,(H2,15,21,22)(H2,16,17,18,19,20). The van der Waals surface area contributed by atoms with Gasteiger partial charge in [0.15, 0.2) is 11.6 Å². The van der Waals surface area contributed by atoms with Crippen molar-refractivity contribution >= 4 is 33.0 Å². The van der Waals surface area contributed by atoms with Crippen LogP contribution in [0, 0.1) is 0 Å². The van der Waals surface area contributed by atoms with Gasteiger partial charge < -0.3 is 5.32 Å². The Bertz CT molecular complexity index is 990. The number of hydrogen-bond acceptors (Lipinski definition) is 7. The molecule has 1 fully saturated rings. The molecular weight excluding hydrogens is 348 g/mol. The summed E-state index contributed by atoms with van der Waals surface area (Å²) < 4.78 is 22.8. The second-order valence-electron chi connectivity index (χ2n) is 5.54. The summed E-state index contributed by atoms with van der Waals surface area (Å²) in [6.45, 7) is 0. The molecule has 3 heterocycles. The van der Waals surface area contributed by atoms with Gasteiger partial charge in [0.25, 0.3) is 0 Å². The molecule has 8 nitrogen and oxygen atoms in total. The first-order valence-electron chi connectivity index (χ1n) is 7.27. The van der Waals surface area contributed by atoms with Crippen molar-refractivity contribution in [2.24, 2.45) is 5.14 Å². The summed E-state index contributed by atoms with van der Waals surface area (Å²) >= 11 is 1.04. The monoisotopic (exact) mass is 362 g/mol. The van der Waals surface area contributed by atoms with Crippen molar-refractivity contribution in [1.29, 1.82) is 0 Å². The highest BCUT2D eigenvalue weighted by atomic mass is 32.2. The van der Waals surface area contributed by atoms with Gasteiger partial charge >= 0.3 is 0 Å². The van der Waals surface area contributed by atoms with E-state index in [0.29, 0.717) is 28.3 Å². The number of rotatable bonds is 5. The van der Waals surface area contributed by atoms with Crippen molar-refractivity contribution in [3.63, 3.8) is 0 Å². The van der Waals surface area contributed by atoms with Crippen LogP contribution in [-0.2, 0) is 10.0 Å². The fourth-order valence-corrected chi connectivity index (χ4v) is 3.95. The third-order valence-electron chi connectivity index (χ3n) is 3.61. The van der Waals surface area contributed by atoms with Gasteiger partial charge in [-0.1, -0.05) is 0 Å². The molecule has 0 atom stereocenters. The molecule has 4 rings (SSSR count). The molecule has 0 bridgehead atoms. The minimum absolute atomic E-state index is 0.0841. The van der Waals surface area contributed by atoms with Gasteiger partial charge in [-0.15, -0.1) is 11.3 Å². The number of nitrogens with two attached hydrogens (primary N) is 1. The van der Waals surface area contributed by atoms with Crippen LogP contribution in [-0.4, -0.2) is 28.6 Å². The van der Waals surface area contributed by atoms with Crippen LogP contribution in [0.4, 0.5) is 11.6 Å². The smallest absolute Gasteiger partial charge is 0.247 e. The fraction of sp³-hybridized carbons (Fsp3) is 0.214. The van der Waals surface area contributed by atoms with Gasteiger partial charge in [-0.05, 0) is 31.0 Å². The van der Waals surface area contributed by atoms with Crippen LogP contribution in [0.1, 0.15) is 24.5 Å². The van der Waals surface area contributed by atoms with E-state index in [-0.39, 0.29) is 4.21 Å². The van der Waals surface area contributed by atoms with E-state index in [1.54, 1.807) is 18.3 Å². The number of nitrogens with one attached hydrogen (secondary N) is 2.